The average Bonchev–Trinajstić information content (AvgIpc) is 3.95. The van der Waals surface area contributed by atoms with Gasteiger partial charge in [-0.2, -0.15) is 0 Å². The zero-order valence-electron chi connectivity index (χ0n) is 37.2. The molecule has 0 saturated heterocycles. The molecule has 2 unspecified atom stereocenters. The molecule has 1 aliphatic heterocycles. The standard InChI is InChI=1S/C63H45N5/c1-5-18-42(19-6-1)44-32-34-45(35-33-44)48-26-17-27-50(40-48)62-64-61(47-24-11-4-12-25-47)65-63(66-62)68-57-31-16-14-29-52(57)54-38-37-53-51-28-13-15-30-56(51)67(59(53)60(54)68)58-39-36-49(43-20-7-2-8-21-43)41-55(58)46-22-9-3-10-23-46/h1-41,61,63,65H,(H,64,66). The molecular formula is C63H45N5. The first kappa shape index (κ1) is 39.6. The summed E-state index contributed by atoms with van der Waals surface area (Å²) in [6, 6.07) is 89.5. The number of fused-ring (bicyclic) bond motifs is 7. The van der Waals surface area contributed by atoms with Gasteiger partial charge in [0.25, 0.3) is 0 Å². The summed E-state index contributed by atoms with van der Waals surface area (Å²) in [6.07, 6.45) is -0.724. The monoisotopic (exact) mass is 871 g/mol. The third-order valence-electron chi connectivity index (χ3n) is 13.6. The van der Waals surface area contributed by atoms with Crippen LogP contribution in [-0.2, 0) is 0 Å². The van der Waals surface area contributed by atoms with Crippen molar-refractivity contribution in [1.82, 2.24) is 19.8 Å². The van der Waals surface area contributed by atoms with E-state index in [4.69, 9.17) is 4.99 Å². The molecule has 1 aliphatic rings. The highest BCUT2D eigenvalue weighted by molar-refractivity contribution is 6.23. The van der Waals surface area contributed by atoms with Gasteiger partial charge in [0.1, 0.15) is 12.0 Å². The van der Waals surface area contributed by atoms with Crippen LogP contribution in [0.5, 0.6) is 0 Å². The number of nitrogens with zero attached hydrogens (tertiary/aromatic N) is 3. The third-order valence-corrected chi connectivity index (χ3v) is 13.6. The van der Waals surface area contributed by atoms with Gasteiger partial charge >= 0.3 is 0 Å². The van der Waals surface area contributed by atoms with Crippen LogP contribution in [0, 0.1) is 0 Å². The van der Waals surface area contributed by atoms with Crippen LogP contribution in [0.2, 0.25) is 0 Å². The number of hydrogen-bond acceptors (Lipinski definition) is 3. The van der Waals surface area contributed by atoms with Gasteiger partial charge in [0.15, 0.2) is 6.29 Å². The van der Waals surface area contributed by atoms with Crippen LogP contribution in [-0.4, -0.2) is 15.0 Å². The summed E-state index contributed by atoms with van der Waals surface area (Å²) in [5.41, 5.74) is 17.2. The molecule has 68 heavy (non-hydrogen) atoms. The number of rotatable bonds is 8. The predicted octanol–water partition coefficient (Wildman–Crippen LogP) is 15.4. The Morgan fingerprint density at radius 1 is 0.353 bits per heavy atom. The number of benzene rings is 10. The van der Waals surface area contributed by atoms with Gasteiger partial charge in [0.2, 0.25) is 0 Å². The SMILES string of the molecule is c1ccc(-c2ccc(-c3cccc(C4=NC(c5ccccc5)NC(n5c6ccccc6c6ccc7c8ccccc8n(-c8ccc(-c9ccccc9)cc8-c8ccccc8)c7c65)N4)c3)cc2)cc1. The molecular weight excluding hydrogens is 827 g/mol. The van der Waals surface area contributed by atoms with E-state index in [-0.39, 0.29) is 6.17 Å². The molecule has 2 N–H and O–H groups in total. The molecule has 0 saturated carbocycles. The Morgan fingerprint density at radius 2 is 0.838 bits per heavy atom. The zero-order chi connectivity index (χ0) is 45.0. The van der Waals surface area contributed by atoms with Gasteiger partial charge < -0.3 is 14.5 Å². The minimum Gasteiger partial charge on any atom is -0.337 e. The van der Waals surface area contributed by atoms with Gasteiger partial charge in [-0.05, 0) is 74.8 Å². The second-order valence-electron chi connectivity index (χ2n) is 17.6. The second-order valence-corrected chi connectivity index (χ2v) is 17.6. The molecule has 0 radical (unpaired) electrons. The molecule has 0 bridgehead atoms. The second kappa shape index (κ2) is 16.6. The van der Waals surface area contributed by atoms with Gasteiger partial charge in [-0.25, -0.2) is 4.99 Å². The summed E-state index contributed by atoms with van der Waals surface area (Å²) >= 11 is 0. The molecule has 2 aromatic heterocycles. The molecule has 0 amide bonds. The summed E-state index contributed by atoms with van der Waals surface area (Å²) in [4.78, 5) is 5.45. The highest BCUT2D eigenvalue weighted by atomic mass is 15.4. The van der Waals surface area contributed by atoms with E-state index in [1.807, 2.05) is 0 Å². The Hall–Kier alpha value is -8.77. The van der Waals surface area contributed by atoms with Crippen molar-refractivity contribution in [2.45, 2.75) is 12.5 Å². The van der Waals surface area contributed by atoms with Crippen molar-refractivity contribution in [3.8, 4) is 50.2 Å². The quantitative estimate of drug-likeness (QED) is 0.160. The molecule has 13 rings (SSSR count). The number of hydrogen-bond donors (Lipinski definition) is 2. The minimum absolute atomic E-state index is 0.331. The average molecular weight is 872 g/mol. The van der Waals surface area contributed by atoms with Gasteiger partial charge in [0, 0.05) is 32.7 Å². The molecule has 5 heteroatoms. The van der Waals surface area contributed by atoms with Gasteiger partial charge in [0.05, 0.1) is 27.8 Å². The Bertz CT molecular complexity index is 3830. The summed E-state index contributed by atoms with van der Waals surface area (Å²) in [7, 11) is 0. The maximum Gasteiger partial charge on any atom is 0.162 e. The molecule has 2 atom stereocenters. The van der Waals surface area contributed by atoms with E-state index < -0.39 is 6.29 Å². The van der Waals surface area contributed by atoms with Crippen LogP contribution < -0.4 is 10.6 Å². The smallest absolute Gasteiger partial charge is 0.162 e. The van der Waals surface area contributed by atoms with E-state index in [1.165, 1.54) is 43.8 Å². The van der Waals surface area contributed by atoms with Crippen molar-refractivity contribution < 1.29 is 0 Å². The fourth-order valence-electron chi connectivity index (χ4n) is 10.4. The van der Waals surface area contributed by atoms with Crippen LogP contribution >= 0.6 is 0 Å². The van der Waals surface area contributed by atoms with Crippen molar-refractivity contribution >= 4 is 49.4 Å². The maximum atomic E-state index is 5.45. The lowest BCUT2D eigenvalue weighted by molar-refractivity contribution is 0.330. The van der Waals surface area contributed by atoms with E-state index >= 15 is 0 Å². The van der Waals surface area contributed by atoms with Crippen molar-refractivity contribution in [2.24, 2.45) is 4.99 Å². The van der Waals surface area contributed by atoms with E-state index in [2.05, 4.69) is 268 Å². The molecule has 3 heterocycles. The van der Waals surface area contributed by atoms with Crippen molar-refractivity contribution in [1.29, 1.82) is 0 Å². The van der Waals surface area contributed by atoms with Crippen LogP contribution in [0.15, 0.2) is 254 Å². The minimum atomic E-state index is -0.393. The number of aromatic nitrogens is 2. The fraction of sp³-hybridized carbons (Fsp3) is 0.0317. The Morgan fingerprint density at radius 3 is 1.53 bits per heavy atom. The van der Waals surface area contributed by atoms with Crippen molar-refractivity contribution in [2.75, 3.05) is 0 Å². The van der Waals surface area contributed by atoms with Gasteiger partial charge in [-0.15, -0.1) is 0 Å². The first-order chi connectivity index (χ1) is 33.7. The summed E-state index contributed by atoms with van der Waals surface area (Å²) in [5.74, 6) is 0.826. The molecule has 0 spiro atoms. The first-order valence-electron chi connectivity index (χ1n) is 23.4. The van der Waals surface area contributed by atoms with Crippen LogP contribution in [0.4, 0.5) is 0 Å². The largest absolute Gasteiger partial charge is 0.337 e. The van der Waals surface area contributed by atoms with Crippen LogP contribution in [0.25, 0.3) is 93.8 Å². The number of nitrogens with one attached hydrogen (secondary N) is 2. The molecule has 322 valence electrons. The highest BCUT2D eigenvalue weighted by Gasteiger charge is 2.30. The van der Waals surface area contributed by atoms with Gasteiger partial charge in [-0.3, -0.25) is 5.32 Å². The Labute approximate surface area is 394 Å². The fourth-order valence-corrected chi connectivity index (χ4v) is 10.4. The van der Waals surface area contributed by atoms with Gasteiger partial charge in [-0.1, -0.05) is 218 Å². The molecule has 10 aromatic carbocycles. The number of aliphatic imine (C=N–C) groups is 1. The summed E-state index contributed by atoms with van der Waals surface area (Å²) in [5, 5.41) is 12.7. The van der Waals surface area contributed by atoms with E-state index in [0.717, 1.165) is 67.0 Å². The van der Waals surface area contributed by atoms with E-state index in [9.17, 15) is 0 Å². The van der Waals surface area contributed by atoms with Crippen molar-refractivity contribution in [3.63, 3.8) is 0 Å². The van der Waals surface area contributed by atoms with E-state index in [0.29, 0.717) is 0 Å². The topological polar surface area (TPSA) is 46.3 Å². The number of amidine groups is 1. The lowest BCUT2D eigenvalue weighted by Gasteiger charge is -2.34. The molecule has 0 aliphatic carbocycles. The maximum absolute atomic E-state index is 5.45. The molecule has 12 aromatic rings. The van der Waals surface area contributed by atoms with Crippen LogP contribution in [0.1, 0.15) is 23.6 Å². The Kier molecular flexibility index (Phi) is 9.66. The number of para-hydroxylation sites is 2. The molecule has 5 nitrogen and oxygen atoms in total. The summed E-state index contributed by atoms with van der Waals surface area (Å²) in [6.45, 7) is 0. The first-order valence-corrected chi connectivity index (χ1v) is 23.4. The van der Waals surface area contributed by atoms with E-state index in [1.54, 1.807) is 0 Å². The molecule has 0 fully saturated rings. The van der Waals surface area contributed by atoms with Crippen molar-refractivity contribution in [3.05, 3.63) is 260 Å². The zero-order valence-corrected chi connectivity index (χ0v) is 37.2. The summed E-state index contributed by atoms with van der Waals surface area (Å²) < 4.78 is 5.00. The Balaban J connectivity index is 1.02. The van der Waals surface area contributed by atoms with Crippen LogP contribution in [0.3, 0.4) is 0 Å². The normalized spacial score (nSPS) is 14.9. The lowest BCUT2D eigenvalue weighted by atomic mass is 9.97. The highest BCUT2D eigenvalue weighted by Crippen LogP contribution is 2.44. The third kappa shape index (κ3) is 6.79. The predicted molar refractivity (Wildman–Crippen MR) is 283 cm³/mol. The lowest BCUT2D eigenvalue weighted by Crippen LogP contribution is -2.47.